The first-order valence-electron chi connectivity index (χ1n) is 6.24. The van der Waals surface area contributed by atoms with Crippen LogP contribution < -0.4 is 15.8 Å². The Balaban J connectivity index is 1.91. The lowest BCUT2D eigenvalue weighted by Gasteiger charge is -2.10. The minimum absolute atomic E-state index is 0.194. The van der Waals surface area contributed by atoms with Crippen LogP contribution in [0.25, 0.3) is 0 Å². The van der Waals surface area contributed by atoms with Crippen molar-refractivity contribution in [3.8, 4) is 6.01 Å². The number of nitrogens with zero attached hydrogens (tertiary/aromatic N) is 3. The normalized spacial score (nSPS) is 18.8. The van der Waals surface area contributed by atoms with Gasteiger partial charge in [0.05, 0.1) is 6.61 Å². The lowest BCUT2D eigenvalue weighted by atomic mass is 10.1. The van der Waals surface area contributed by atoms with Crippen LogP contribution >= 0.6 is 11.8 Å². The van der Waals surface area contributed by atoms with Gasteiger partial charge in [0, 0.05) is 6.54 Å². The van der Waals surface area contributed by atoms with Crippen LogP contribution in [0.5, 0.6) is 6.01 Å². The summed E-state index contributed by atoms with van der Waals surface area (Å²) in [5.74, 6) is 3.83. The lowest BCUT2D eigenvalue weighted by molar-refractivity contribution is 0.292. The first kappa shape index (κ1) is 13.2. The highest BCUT2D eigenvalue weighted by atomic mass is 32.2. The summed E-state index contributed by atoms with van der Waals surface area (Å²) in [5, 5.41) is 3.21. The molecule has 0 aromatic carbocycles. The predicted molar refractivity (Wildman–Crippen MR) is 73.9 cm³/mol. The van der Waals surface area contributed by atoms with E-state index in [-0.39, 0.29) is 5.95 Å². The van der Waals surface area contributed by atoms with E-state index in [0.29, 0.717) is 24.5 Å². The summed E-state index contributed by atoms with van der Waals surface area (Å²) >= 11 is 1.99. The van der Waals surface area contributed by atoms with Crippen LogP contribution in [0.1, 0.15) is 19.8 Å². The van der Waals surface area contributed by atoms with E-state index in [1.165, 1.54) is 17.9 Å². The van der Waals surface area contributed by atoms with Gasteiger partial charge in [0.1, 0.15) is 0 Å². The van der Waals surface area contributed by atoms with Gasteiger partial charge in [0.15, 0.2) is 0 Å². The summed E-state index contributed by atoms with van der Waals surface area (Å²) < 4.78 is 5.36. The largest absolute Gasteiger partial charge is 0.463 e. The molecule has 100 valence electrons. The molecule has 0 spiro atoms. The number of nitrogen functional groups attached to an aromatic ring is 1. The van der Waals surface area contributed by atoms with Crippen LogP contribution in [-0.2, 0) is 0 Å². The monoisotopic (exact) mass is 269 g/mol. The summed E-state index contributed by atoms with van der Waals surface area (Å²) in [6.45, 7) is 3.49. The third-order valence-electron chi connectivity index (χ3n) is 2.64. The van der Waals surface area contributed by atoms with Crippen molar-refractivity contribution in [2.45, 2.75) is 19.8 Å². The average Bonchev–Trinajstić information content (AvgIpc) is 2.86. The Bertz CT molecular complexity index is 384. The molecule has 0 saturated carbocycles. The van der Waals surface area contributed by atoms with E-state index in [2.05, 4.69) is 20.3 Å². The van der Waals surface area contributed by atoms with Crippen LogP contribution in [0.15, 0.2) is 0 Å². The molecule has 3 N–H and O–H groups in total. The molecular formula is C11H19N5OS. The molecule has 1 fully saturated rings. The van der Waals surface area contributed by atoms with Crippen molar-refractivity contribution >= 4 is 23.7 Å². The smallest absolute Gasteiger partial charge is 0.323 e. The topological polar surface area (TPSA) is 86.0 Å². The zero-order valence-corrected chi connectivity index (χ0v) is 11.4. The van der Waals surface area contributed by atoms with E-state index in [9.17, 15) is 0 Å². The third kappa shape index (κ3) is 3.90. The van der Waals surface area contributed by atoms with E-state index in [1.54, 1.807) is 0 Å². The quantitative estimate of drug-likeness (QED) is 0.807. The minimum Gasteiger partial charge on any atom is -0.463 e. The fourth-order valence-electron chi connectivity index (χ4n) is 1.69. The zero-order chi connectivity index (χ0) is 12.8. The summed E-state index contributed by atoms with van der Waals surface area (Å²) in [6.07, 6.45) is 2.16. The van der Waals surface area contributed by atoms with Gasteiger partial charge in [-0.2, -0.15) is 26.7 Å². The second-order valence-corrected chi connectivity index (χ2v) is 5.41. The average molecular weight is 269 g/mol. The SMILES string of the molecule is CCCOc1nc(N)nc(NCC2CCSC2)n1. The van der Waals surface area contributed by atoms with Crippen molar-refractivity contribution < 1.29 is 4.74 Å². The maximum Gasteiger partial charge on any atom is 0.323 e. The molecule has 0 aliphatic carbocycles. The maximum atomic E-state index is 5.63. The van der Waals surface area contributed by atoms with Crippen molar-refractivity contribution in [2.75, 3.05) is 35.7 Å². The highest BCUT2D eigenvalue weighted by Crippen LogP contribution is 2.23. The van der Waals surface area contributed by atoms with E-state index in [1.807, 2.05) is 18.7 Å². The Morgan fingerprint density at radius 1 is 1.44 bits per heavy atom. The van der Waals surface area contributed by atoms with E-state index in [4.69, 9.17) is 10.5 Å². The van der Waals surface area contributed by atoms with Crippen LogP contribution in [0.4, 0.5) is 11.9 Å². The molecule has 1 atom stereocenters. The van der Waals surface area contributed by atoms with Gasteiger partial charge in [-0.05, 0) is 30.3 Å². The van der Waals surface area contributed by atoms with Crippen LogP contribution in [0.3, 0.4) is 0 Å². The molecular weight excluding hydrogens is 250 g/mol. The number of rotatable bonds is 6. The van der Waals surface area contributed by atoms with Gasteiger partial charge < -0.3 is 15.8 Å². The van der Waals surface area contributed by atoms with Gasteiger partial charge in [-0.15, -0.1) is 0 Å². The zero-order valence-electron chi connectivity index (χ0n) is 10.6. The first-order valence-corrected chi connectivity index (χ1v) is 7.39. The molecule has 1 aliphatic heterocycles. The van der Waals surface area contributed by atoms with Crippen molar-refractivity contribution in [1.82, 2.24) is 15.0 Å². The Labute approximate surface area is 111 Å². The third-order valence-corrected chi connectivity index (χ3v) is 3.87. The molecule has 1 aromatic rings. The molecule has 7 heteroatoms. The highest BCUT2D eigenvalue weighted by Gasteiger charge is 2.15. The molecule has 1 aliphatic rings. The van der Waals surface area contributed by atoms with E-state index in [0.717, 1.165) is 13.0 Å². The second kappa shape index (κ2) is 6.63. The second-order valence-electron chi connectivity index (χ2n) is 4.26. The van der Waals surface area contributed by atoms with E-state index < -0.39 is 0 Å². The van der Waals surface area contributed by atoms with Crippen LogP contribution in [-0.4, -0.2) is 39.6 Å². The molecule has 2 rings (SSSR count). The molecule has 1 saturated heterocycles. The first-order chi connectivity index (χ1) is 8.78. The van der Waals surface area contributed by atoms with Gasteiger partial charge in [0.2, 0.25) is 11.9 Å². The van der Waals surface area contributed by atoms with Crippen molar-refractivity contribution in [2.24, 2.45) is 5.92 Å². The molecule has 6 nitrogen and oxygen atoms in total. The number of ether oxygens (including phenoxy) is 1. The molecule has 1 unspecified atom stereocenters. The molecule has 0 radical (unpaired) electrons. The van der Waals surface area contributed by atoms with Crippen molar-refractivity contribution in [3.05, 3.63) is 0 Å². The van der Waals surface area contributed by atoms with Crippen molar-refractivity contribution in [3.63, 3.8) is 0 Å². The Hall–Kier alpha value is -1.24. The van der Waals surface area contributed by atoms with Gasteiger partial charge in [-0.25, -0.2) is 0 Å². The highest BCUT2D eigenvalue weighted by molar-refractivity contribution is 7.99. The minimum atomic E-state index is 0.194. The fraction of sp³-hybridized carbons (Fsp3) is 0.727. The number of aromatic nitrogens is 3. The summed E-state index contributed by atoms with van der Waals surface area (Å²) in [7, 11) is 0. The number of anilines is 2. The summed E-state index contributed by atoms with van der Waals surface area (Å²) in [6, 6.07) is 0.299. The molecule has 2 heterocycles. The van der Waals surface area contributed by atoms with Crippen molar-refractivity contribution in [1.29, 1.82) is 0 Å². The molecule has 18 heavy (non-hydrogen) atoms. The summed E-state index contributed by atoms with van der Waals surface area (Å²) in [4.78, 5) is 12.2. The number of hydrogen-bond donors (Lipinski definition) is 2. The molecule has 1 aromatic heterocycles. The fourth-order valence-corrected chi connectivity index (χ4v) is 2.97. The molecule has 0 bridgehead atoms. The number of nitrogens with two attached hydrogens (primary N) is 1. The Morgan fingerprint density at radius 3 is 3.06 bits per heavy atom. The number of hydrogen-bond acceptors (Lipinski definition) is 7. The maximum absolute atomic E-state index is 5.63. The number of nitrogens with one attached hydrogen (secondary N) is 1. The Morgan fingerprint density at radius 2 is 2.33 bits per heavy atom. The Kier molecular flexibility index (Phi) is 4.86. The lowest BCUT2D eigenvalue weighted by Crippen LogP contribution is -2.16. The standard InChI is InChI=1S/C11H19N5OS/c1-2-4-17-11-15-9(12)14-10(16-11)13-6-8-3-5-18-7-8/h8H,2-7H2,1H3,(H3,12,13,14,15,16). The summed E-state index contributed by atoms with van der Waals surface area (Å²) in [5.41, 5.74) is 5.63. The van der Waals surface area contributed by atoms with Gasteiger partial charge in [-0.3, -0.25) is 0 Å². The van der Waals surface area contributed by atoms with E-state index >= 15 is 0 Å². The van der Waals surface area contributed by atoms with Gasteiger partial charge in [0.25, 0.3) is 0 Å². The van der Waals surface area contributed by atoms with Gasteiger partial charge in [-0.1, -0.05) is 6.92 Å². The predicted octanol–water partition coefficient (Wildman–Crippen LogP) is 1.41. The molecule has 0 amide bonds. The number of thioether (sulfide) groups is 1. The van der Waals surface area contributed by atoms with Crippen LogP contribution in [0, 0.1) is 5.92 Å². The van der Waals surface area contributed by atoms with Gasteiger partial charge >= 0.3 is 6.01 Å². The van der Waals surface area contributed by atoms with Crippen LogP contribution in [0.2, 0.25) is 0 Å².